The van der Waals surface area contributed by atoms with Crippen LogP contribution in [0.2, 0.25) is 0 Å². The van der Waals surface area contributed by atoms with Crippen molar-refractivity contribution in [2.24, 2.45) is 5.10 Å². The molecule has 0 saturated heterocycles. The minimum atomic E-state index is -4.05. The summed E-state index contributed by atoms with van der Waals surface area (Å²) in [4.78, 5) is 10.2. The first-order valence-corrected chi connectivity index (χ1v) is 9.79. The zero-order chi connectivity index (χ0) is 20.6. The fourth-order valence-electron chi connectivity index (χ4n) is 2.77. The lowest BCUT2D eigenvalue weighted by Crippen LogP contribution is -2.23. The molecule has 0 unspecified atom stereocenters. The van der Waals surface area contributed by atoms with Gasteiger partial charge in [-0.15, -0.1) is 0 Å². The predicted molar refractivity (Wildman–Crippen MR) is 105 cm³/mol. The summed E-state index contributed by atoms with van der Waals surface area (Å²) >= 11 is 0. The largest absolute Gasteiger partial charge is 0.279 e. The van der Waals surface area contributed by atoms with E-state index >= 15 is 0 Å². The standard InChI is InChI=1S/C18H19N5O4S/c1-12-7-8-22-17(9-12)16(14(3)20-22)11-19-21(4)28(26,27)18-10-15(23(24)25)6-5-13(18)2/h5-11H,1-4H3/b19-11-. The van der Waals surface area contributed by atoms with Crippen molar-refractivity contribution in [3.8, 4) is 0 Å². The molecule has 10 heteroatoms. The lowest BCUT2D eigenvalue weighted by Gasteiger charge is -2.15. The number of pyridine rings is 1. The molecule has 28 heavy (non-hydrogen) atoms. The number of sulfonamides is 1. The zero-order valence-corrected chi connectivity index (χ0v) is 16.6. The number of aryl methyl sites for hydroxylation is 3. The van der Waals surface area contributed by atoms with Gasteiger partial charge in [-0.3, -0.25) is 10.1 Å². The molecule has 3 rings (SSSR count). The van der Waals surface area contributed by atoms with Crippen molar-refractivity contribution >= 4 is 27.4 Å². The average molecular weight is 401 g/mol. The lowest BCUT2D eigenvalue weighted by molar-refractivity contribution is -0.385. The number of rotatable bonds is 5. The van der Waals surface area contributed by atoms with E-state index in [9.17, 15) is 18.5 Å². The highest BCUT2D eigenvalue weighted by atomic mass is 32.2. The monoisotopic (exact) mass is 401 g/mol. The molecule has 0 fully saturated rings. The van der Waals surface area contributed by atoms with Gasteiger partial charge in [-0.2, -0.15) is 23.0 Å². The number of non-ortho nitro benzene ring substituents is 1. The SMILES string of the molecule is Cc1ccn2nc(C)c(/C=N\N(C)S(=O)(=O)c3cc([N+](=O)[O-])ccc3C)c2c1. The molecule has 0 atom stereocenters. The van der Waals surface area contributed by atoms with Gasteiger partial charge in [0.25, 0.3) is 15.7 Å². The molecule has 0 bridgehead atoms. The molecule has 2 heterocycles. The lowest BCUT2D eigenvalue weighted by atomic mass is 10.2. The van der Waals surface area contributed by atoms with Crippen LogP contribution in [-0.4, -0.2) is 40.6 Å². The summed E-state index contributed by atoms with van der Waals surface area (Å²) in [6.07, 6.45) is 3.25. The van der Waals surface area contributed by atoms with Gasteiger partial charge in [-0.05, 0) is 44.0 Å². The second kappa shape index (κ2) is 7.04. The number of hydrogen-bond donors (Lipinski definition) is 0. The third-order valence-corrected chi connectivity index (χ3v) is 6.16. The van der Waals surface area contributed by atoms with Gasteiger partial charge in [0.1, 0.15) is 0 Å². The summed E-state index contributed by atoms with van der Waals surface area (Å²) < 4.78 is 28.2. The van der Waals surface area contributed by atoms with Crippen molar-refractivity contribution < 1.29 is 13.3 Å². The molecule has 0 spiro atoms. The van der Waals surface area contributed by atoms with E-state index < -0.39 is 14.9 Å². The zero-order valence-electron chi connectivity index (χ0n) is 15.8. The molecule has 0 aliphatic rings. The number of nitro benzene ring substituents is 1. The van der Waals surface area contributed by atoms with Gasteiger partial charge >= 0.3 is 0 Å². The van der Waals surface area contributed by atoms with Crippen LogP contribution in [0.1, 0.15) is 22.4 Å². The van der Waals surface area contributed by atoms with E-state index in [-0.39, 0.29) is 10.6 Å². The van der Waals surface area contributed by atoms with Crippen molar-refractivity contribution in [1.82, 2.24) is 14.0 Å². The third-order valence-electron chi connectivity index (χ3n) is 4.37. The Balaban J connectivity index is 2.00. The smallest absolute Gasteiger partial charge is 0.258 e. The van der Waals surface area contributed by atoms with E-state index in [4.69, 9.17) is 0 Å². The Hall–Kier alpha value is -3.27. The normalized spacial score (nSPS) is 12.0. The maximum atomic E-state index is 12.9. The van der Waals surface area contributed by atoms with Crippen LogP contribution in [0, 0.1) is 30.9 Å². The molecule has 3 aromatic rings. The summed E-state index contributed by atoms with van der Waals surface area (Å²) in [7, 11) is -2.76. The maximum absolute atomic E-state index is 12.9. The van der Waals surface area contributed by atoms with Crippen LogP contribution in [0.5, 0.6) is 0 Å². The van der Waals surface area contributed by atoms with Gasteiger partial charge < -0.3 is 0 Å². The van der Waals surface area contributed by atoms with Gasteiger partial charge in [0.2, 0.25) is 0 Å². The molecular formula is C18H19N5O4S. The quantitative estimate of drug-likeness (QED) is 0.371. The highest BCUT2D eigenvalue weighted by molar-refractivity contribution is 7.89. The Morgan fingerprint density at radius 3 is 2.61 bits per heavy atom. The highest BCUT2D eigenvalue weighted by Gasteiger charge is 2.24. The van der Waals surface area contributed by atoms with Gasteiger partial charge in [-0.1, -0.05) is 6.07 Å². The van der Waals surface area contributed by atoms with Crippen LogP contribution in [0.15, 0.2) is 46.5 Å². The molecule has 0 amide bonds. The van der Waals surface area contributed by atoms with Crippen LogP contribution in [0.3, 0.4) is 0 Å². The topological polar surface area (TPSA) is 110 Å². The number of nitro groups is 1. The molecule has 0 aliphatic carbocycles. The molecule has 2 aromatic heterocycles. The minimum Gasteiger partial charge on any atom is -0.258 e. The Morgan fingerprint density at radius 2 is 1.93 bits per heavy atom. The summed E-state index contributed by atoms with van der Waals surface area (Å²) in [5.74, 6) is 0. The number of hydrazone groups is 1. The number of aromatic nitrogens is 2. The number of benzene rings is 1. The molecule has 146 valence electrons. The molecule has 0 aliphatic heterocycles. The summed E-state index contributed by atoms with van der Waals surface area (Å²) in [6.45, 7) is 5.33. The van der Waals surface area contributed by atoms with E-state index in [1.165, 1.54) is 25.4 Å². The van der Waals surface area contributed by atoms with Crippen LogP contribution < -0.4 is 0 Å². The fourth-order valence-corrected chi connectivity index (χ4v) is 3.97. The van der Waals surface area contributed by atoms with Crippen molar-refractivity contribution in [1.29, 1.82) is 0 Å². The first-order valence-electron chi connectivity index (χ1n) is 8.35. The first kappa shape index (κ1) is 19.5. The Bertz CT molecular complexity index is 1210. The minimum absolute atomic E-state index is 0.159. The molecule has 1 aromatic carbocycles. The van der Waals surface area contributed by atoms with Crippen molar-refractivity contribution in [3.05, 3.63) is 69.0 Å². The molecule has 0 radical (unpaired) electrons. The van der Waals surface area contributed by atoms with E-state index in [1.807, 2.05) is 32.2 Å². The Kier molecular flexibility index (Phi) is 4.90. The fraction of sp³-hybridized carbons (Fsp3) is 0.222. The van der Waals surface area contributed by atoms with Crippen LogP contribution in [0.4, 0.5) is 5.69 Å². The average Bonchev–Trinajstić information content (AvgIpc) is 2.94. The molecule has 9 nitrogen and oxygen atoms in total. The van der Waals surface area contributed by atoms with Crippen LogP contribution in [0.25, 0.3) is 5.52 Å². The maximum Gasteiger partial charge on any atom is 0.279 e. The van der Waals surface area contributed by atoms with E-state index in [1.54, 1.807) is 11.4 Å². The first-order chi connectivity index (χ1) is 13.1. The van der Waals surface area contributed by atoms with Crippen LogP contribution in [-0.2, 0) is 10.0 Å². The Morgan fingerprint density at radius 1 is 1.21 bits per heavy atom. The van der Waals surface area contributed by atoms with Gasteiger partial charge in [0, 0.05) is 30.9 Å². The second-order valence-electron chi connectivity index (χ2n) is 6.42. The Labute approximate surface area is 162 Å². The van der Waals surface area contributed by atoms with E-state index in [2.05, 4.69) is 10.2 Å². The van der Waals surface area contributed by atoms with Gasteiger partial charge in [-0.25, -0.2) is 4.52 Å². The number of fused-ring (bicyclic) bond motifs is 1. The number of nitrogens with zero attached hydrogens (tertiary/aromatic N) is 5. The van der Waals surface area contributed by atoms with Crippen LogP contribution >= 0.6 is 0 Å². The summed E-state index contributed by atoms with van der Waals surface area (Å²) in [5, 5.41) is 19.4. The second-order valence-corrected chi connectivity index (χ2v) is 8.34. The summed E-state index contributed by atoms with van der Waals surface area (Å²) in [6, 6.07) is 7.56. The van der Waals surface area contributed by atoms with Gasteiger partial charge in [0.05, 0.1) is 27.2 Å². The van der Waals surface area contributed by atoms with Gasteiger partial charge in [0.15, 0.2) is 0 Å². The van der Waals surface area contributed by atoms with Crippen molar-refractivity contribution in [2.75, 3.05) is 7.05 Å². The number of hydrogen-bond acceptors (Lipinski definition) is 6. The van der Waals surface area contributed by atoms with Crippen molar-refractivity contribution in [2.45, 2.75) is 25.7 Å². The molecular weight excluding hydrogens is 382 g/mol. The third kappa shape index (κ3) is 3.46. The predicted octanol–water partition coefficient (Wildman–Crippen LogP) is 2.82. The van der Waals surface area contributed by atoms with E-state index in [0.29, 0.717) is 16.8 Å². The van der Waals surface area contributed by atoms with Crippen molar-refractivity contribution in [3.63, 3.8) is 0 Å². The summed E-state index contributed by atoms with van der Waals surface area (Å²) in [5.41, 5.74) is 3.34. The molecule has 0 saturated carbocycles. The highest BCUT2D eigenvalue weighted by Crippen LogP contribution is 2.24. The van der Waals surface area contributed by atoms with E-state index in [0.717, 1.165) is 21.6 Å². The molecule has 0 N–H and O–H groups in total.